The Balaban J connectivity index is 1.78. The first-order chi connectivity index (χ1) is 18.2. The highest BCUT2D eigenvalue weighted by Gasteiger charge is 2.27. The first-order valence-electron chi connectivity index (χ1n) is 11.4. The summed E-state index contributed by atoms with van der Waals surface area (Å²) in [5.41, 5.74) is 3.77. The average Bonchev–Trinajstić information content (AvgIpc) is 2.91. The molecule has 0 aromatic heterocycles. The minimum atomic E-state index is -4.16. The van der Waals surface area contributed by atoms with Gasteiger partial charge in [0.25, 0.3) is 15.9 Å². The first-order valence-corrected chi connectivity index (χ1v) is 12.9. The molecular formula is C27H28N4O6S. The predicted octanol–water partition coefficient (Wildman–Crippen LogP) is 3.56. The van der Waals surface area contributed by atoms with Gasteiger partial charge in [0.15, 0.2) is 0 Å². The Morgan fingerprint density at radius 3 is 2.18 bits per heavy atom. The molecule has 3 aromatic carbocycles. The molecule has 0 atom stereocenters. The molecule has 0 radical (unpaired) electrons. The van der Waals surface area contributed by atoms with Crippen molar-refractivity contribution in [2.75, 3.05) is 29.9 Å². The third-order valence-corrected chi connectivity index (χ3v) is 6.85. The molecule has 2 N–H and O–H groups in total. The van der Waals surface area contributed by atoms with Crippen LogP contribution in [0.15, 0.2) is 95.4 Å². The van der Waals surface area contributed by atoms with Crippen LogP contribution in [0.1, 0.15) is 12.5 Å². The topological polar surface area (TPSA) is 126 Å². The van der Waals surface area contributed by atoms with Crippen LogP contribution in [0.2, 0.25) is 0 Å². The van der Waals surface area contributed by atoms with Crippen molar-refractivity contribution in [2.24, 2.45) is 5.10 Å². The average molecular weight is 537 g/mol. The molecule has 0 aliphatic carbocycles. The molecule has 3 rings (SSSR count). The Bertz CT molecular complexity index is 1390. The minimum Gasteiger partial charge on any atom is -0.497 e. The molecule has 198 valence electrons. The van der Waals surface area contributed by atoms with Gasteiger partial charge in [-0.2, -0.15) is 5.10 Å². The Kier molecular flexibility index (Phi) is 9.60. The SMILES string of the molecule is C=CCOc1ccc(C=NNC(=O)CN(c2ccc(OC)cc2)S(=O)(=O)c2ccc(NC(C)=O)cc2)cc1. The van der Waals surface area contributed by atoms with Crippen LogP contribution in [0, 0.1) is 0 Å². The van der Waals surface area contributed by atoms with Gasteiger partial charge >= 0.3 is 0 Å². The molecule has 2 amide bonds. The maximum absolute atomic E-state index is 13.5. The number of hydrogen-bond donors (Lipinski definition) is 2. The number of rotatable bonds is 12. The van der Waals surface area contributed by atoms with Crippen molar-refractivity contribution in [3.63, 3.8) is 0 Å². The largest absolute Gasteiger partial charge is 0.497 e. The number of sulfonamides is 1. The zero-order chi connectivity index (χ0) is 27.5. The van der Waals surface area contributed by atoms with E-state index in [1.165, 1.54) is 56.6 Å². The lowest BCUT2D eigenvalue weighted by Crippen LogP contribution is -2.39. The van der Waals surface area contributed by atoms with Gasteiger partial charge in [0.2, 0.25) is 5.91 Å². The van der Waals surface area contributed by atoms with Crippen LogP contribution < -0.4 is 24.5 Å². The van der Waals surface area contributed by atoms with Crippen LogP contribution in [-0.4, -0.2) is 46.7 Å². The van der Waals surface area contributed by atoms with Crippen molar-refractivity contribution in [3.05, 3.63) is 91.0 Å². The summed E-state index contributed by atoms with van der Waals surface area (Å²) >= 11 is 0. The molecule has 0 fully saturated rings. The number of hydrazone groups is 1. The van der Waals surface area contributed by atoms with Crippen molar-refractivity contribution in [1.82, 2.24) is 5.43 Å². The zero-order valence-corrected chi connectivity index (χ0v) is 21.8. The zero-order valence-electron chi connectivity index (χ0n) is 21.0. The van der Waals surface area contributed by atoms with Crippen molar-refractivity contribution >= 4 is 39.4 Å². The molecule has 38 heavy (non-hydrogen) atoms. The van der Waals surface area contributed by atoms with Gasteiger partial charge in [0.05, 0.1) is 23.9 Å². The van der Waals surface area contributed by atoms with Gasteiger partial charge in [-0.3, -0.25) is 13.9 Å². The molecular weight excluding hydrogens is 508 g/mol. The smallest absolute Gasteiger partial charge is 0.264 e. The highest BCUT2D eigenvalue weighted by Crippen LogP contribution is 2.26. The summed E-state index contributed by atoms with van der Waals surface area (Å²) < 4.78 is 38.6. The molecule has 10 nitrogen and oxygen atoms in total. The molecule has 3 aromatic rings. The lowest BCUT2D eigenvalue weighted by molar-refractivity contribution is -0.119. The van der Waals surface area contributed by atoms with Crippen LogP contribution >= 0.6 is 0 Å². The van der Waals surface area contributed by atoms with E-state index in [-0.39, 0.29) is 16.5 Å². The number of methoxy groups -OCH3 is 1. The third-order valence-electron chi connectivity index (χ3n) is 5.06. The molecule has 0 bridgehead atoms. The Labute approximate surface area is 221 Å². The van der Waals surface area contributed by atoms with Gasteiger partial charge in [-0.1, -0.05) is 12.7 Å². The van der Waals surface area contributed by atoms with Crippen molar-refractivity contribution < 1.29 is 27.5 Å². The highest BCUT2D eigenvalue weighted by molar-refractivity contribution is 7.92. The van der Waals surface area contributed by atoms with Crippen LogP contribution in [0.25, 0.3) is 0 Å². The fourth-order valence-electron chi connectivity index (χ4n) is 3.25. The van der Waals surface area contributed by atoms with E-state index >= 15 is 0 Å². The van der Waals surface area contributed by atoms with E-state index in [0.717, 1.165) is 4.31 Å². The van der Waals surface area contributed by atoms with Crippen LogP contribution in [0.4, 0.5) is 11.4 Å². The second kappa shape index (κ2) is 13.1. The number of amides is 2. The van der Waals surface area contributed by atoms with E-state index in [4.69, 9.17) is 9.47 Å². The van der Waals surface area contributed by atoms with Crippen molar-refractivity contribution in [1.29, 1.82) is 0 Å². The van der Waals surface area contributed by atoms with Gasteiger partial charge in [0.1, 0.15) is 24.7 Å². The maximum atomic E-state index is 13.5. The monoisotopic (exact) mass is 536 g/mol. The molecule has 0 unspecified atom stereocenters. The van der Waals surface area contributed by atoms with Gasteiger partial charge in [0, 0.05) is 12.6 Å². The standard InChI is InChI=1S/C27H28N4O6S/c1-4-17-37-25-11-5-21(6-12-25)18-28-30-27(33)19-31(23-9-13-24(36-3)14-10-23)38(34,35)26-15-7-22(8-16-26)29-20(2)32/h4-16,18H,1,17,19H2,2-3H3,(H,29,32)(H,30,33). The third kappa shape index (κ3) is 7.68. The second-order valence-electron chi connectivity index (χ2n) is 7.88. The summed E-state index contributed by atoms with van der Waals surface area (Å²) in [5.74, 6) is 0.258. The molecule has 0 aliphatic rings. The van der Waals surface area contributed by atoms with Crippen LogP contribution in [0.5, 0.6) is 11.5 Å². The summed E-state index contributed by atoms with van der Waals surface area (Å²) in [4.78, 5) is 24.0. The van der Waals surface area contributed by atoms with Gasteiger partial charge in [-0.15, -0.1) is 0 Å². The fraction of sp³-hybridized carbons (Fsp3) is 0.148. The number of ether oxygens (including phenoxy) is 2. The number of carbonyl (C=O) groups excluding carboxylic acids is 2. The van der Waals surface area contributed by atoms with Crippen LogP contribution in [0.3, 0.4) is 0 Å². The van der Waals surface area contributed by atoms with Crippen molar-refractivity contribution in [2.45, 2.75) is 11.8 Å². The summed E-state index contributed by atoms with van der Waals surface area (Å²) in [7, 11) is -2.66. The lowest BCUT2D eigenvalue weighted by atomic mass is 10.2. The number of nitrogens with one attached hydrogen (secondary N) is 2. The van der Waals surface area contributed by atoms with Gasteiger partial charge in [-0.05, 0) is 78.4 Å². The molecule has 0 saturated carbocycles. The van der Waals surface area contributed by atoms with E-state index in [1.54, 1.807) is 42.5 Å². The molecule has 11 heteroatoms. The lowest BCUT2D eigenvalue weighted by Gasteiger charge is -2.24. The van der Waals surface area contributed by atoms with Gasteiger partial charge in [-0.25, -0.2) is 13.8 Å². The van der Waals surface area contributed by atoms with Crippen molar-refractivity contribution in [3.8, 4) is 11.5 Å². The fourth-order valence-corrected chi connectivity index (χ4v) is 4.68. The number of anilines is 2. The van der Waals surface area contributed by atoms with Gasteiger partial charge < -0.3 is 14.8 Å². The second-order valence-corrected chi connectivity index (χ2v) is 9.74. The quantitative estimate of drug-likeness (QED) is 0.207. The first kappa shape index (κ1) is 27.9. The number of hydrogen-bond acceptors (Lipinski definition) is 7. The molecule has 0 saturated heterocycles. The summed E-state index contributed by atoms with van der Waals surface area (Å²) in [6.07, 6.45) is 3.07. The summed E-state index contributed by atoms with van der Waals surface area (Å²) in [6.45, 7) is 4.80. The Hall–Kier alpha value is -4.64. The number of nitrogens with zero attached hydrogens (tertiary/aromatic N) is 2. The minimum absolute atomic E-state index is 0.0579. The summed E-state index contributed by atoms with van der Waals surface area (Å²) in [5, 5.41) is 6.52. The predicted molar refractivity (Wildman–Crippen MR) is 146 cm³/mol. The van der Waals surface area contributed by atoms with E-state index in [9.17, 15) is 18.0 Å². The maximum Gasteiger partial charge on any atom is 0.264 e. The van der Waals surface area contributed by atoms with E-state index in [1.807, 2.05) is 0 Å². The number of carbonyl (C=O) groups is 2. The number of benzene rings is 3. The normalized spacial score (nSPS) is 11.0. The Morgan fingerprint density at radius 1 is 0.974 bits per heavy atom. The van der Waals surface area contributed by atoms with E-state index < -0.39 is 22.5 Å². The molecule has 0 heterocycles. The van der Waals surface area contributed by atoms with E-state index in [2.05, 4.69) is 22.4 Å². The molecule has 0 spiro atoms. The summed E-state index contributed by atoms with van der Waals surface area (Å²) in [6, 6.07) is 18.9. The Morgan fingerprint density at radius 2 is 1.61 bits per heavy atom. The van der Waals surface area contributed by atoms with E-state index in [0.29, 0.717) is 29.4 Å². The highest BCUT2D eigenvalue weighted by atomic mass is 32.2. The molecule has 0 aliphatic heterocycles. The van der Waals surface area contributed by atoms with Crippen LogP contribution in [-0.2, 0) is 19.6 Å².